The van der Waals surface area contributed by atoms with E-state index in [1.54, 1.807) is 19.2 Å². The normalized spacial score (nSPS) is 18.3. The second-order valence-electron chi connectivity index (χ2n) is 7.76. The highest BCUT2D eigenvalue weighted by atomic mass is 127. The largest absolute Gasteiger partial charge is 0.352 e. The van der Waals surface area contributed by atoms with Crippen molar-refractivity contribution < 1.29 is 8.42 Å². The lowest BCUT2D eigenvalue weighted by atomic mass is 10.1. The molecule has 1 aromatic rings. The predicted octanol–water partition coefficient (Wildman–Crippen LogP) is 3.48. The van der Waals surface area contributed by atoms with Crippen molar-refractivity contribution in [2.24, 2.45) is 10.9 Å². The fourth-order valence-corrected chi connectivity index (χ4v) is 5.67. The van der Waals surface area contributed by atoms with Crippen molar-refractivity contribution in [3.63, 3.8) is 0 Å². The minimum atomic E-state index is -3.44. The number of hydrogen-bond donors (Lipinski definition) is 1. The Morgan fingerprint density at radius 1 is 1.28 bits per heavy atom. The van der Waals surface area contributed by atoms with E-state index in [1.165, 1.54) is 4.31 Å². The molecule has 1 heterocycles. The molecule has 9 heteroatoms. The van der Waals surface area contributed by atoms with E-state index in [2.05, 4.69) is 29.1 Å². The number of nitrogens with zero attached hydrogens (tertiary/aromatic N) is 3. The standard InChI is InChI=1S/C20H34N4O2S2.HI/c1-15(2)19-14-24(11-12-27-19)20(21-5)22-13-17-7-9-18(10-8-17)28(25,26)23(6)16(3)4;/h7-10,15-16,19H,11-14H2,1-6H3,(H,21,22);1H. The molecule has 0 aromatic heterocycles. The van der Waals surface area contributed by atoms with Gasteiger partial charge in [-0.3, -0.25) is 4.99 Å². The minimum Gasteiger partial charge on any atom is -0.352 e. The van der Waals surface area contributed by atoms with E-state index in [4.69, 9.17) is 0 Å². The van der Waals surface area contributed by atoms with E-state index in [0.717, 1.165) is 30.4 Å². The molecule has 1 atom stereocenters. The molecule has 0 aliphatic carbocycles. The molecule has 2 rings (SSSR count). The quantitative estimate of drug-likeness (QED) is 0.332. The van der Waals surface area contributed by atoms with Crippen molar-refractivity contribution in [1.29, 1.82) is 0 Å². The molecule has 0 amide bonds. The summed E-state index contributed by atoms with van der Waals surface area (Å²) in [5.41, 5.74) is 1.03. The van der Waals surface area contributed by atoms with Crippen molar-refractivity contribution in [1.82, 2.24) is 14.5 Å². The Bertz CT molecular complexity index is 767. The lowest BCUT2D eigenvalue weighted by Crippen LogP contribution is -2.48. The maximum Gasteiger partial charge on any atom is 0.243 e. The molecule has 6 nitrogen and oxygen atoms in total. The molecule has 1 saturated heterocycles. The monoisotopic (exact) mass is 554 g/mol. The van der Waals surface area contributed by atoms with Crippen LogP contribution in [0.3, 0.4) is 0 Å². The Labute approximate surface area is 198 Å². The molecule has 1 fully saturated rings. The highest BCUT2D eigenvalue weighted by Crippen LogP contribution is 2.25. The molecule has 29 heavy (non-hydrogen) atoms. The number of thioether (sulfide) groups is 1. The van der Waals surface area contributed by atoms with Gasteiger partial charge in [0.2, 0.25) is 10.0 Å². The molecule has 166 valence electrons. The van der Waals surface area contributed by atoms with Gasteiger partial charge < -0.3 is 10.2 Å². The predicted molar refractivity (Wildman–Crippen MR) is 135 cm³/mol. The van der Waals surface area contributed by atoms with Gasteiger partial charge in [-0.15, -0.1) is 24.0 Å². The van der Waals surface area contributed by atoms with Crippen LogP contribution < -0.4 is 5.32 Å². The summed E-state index contributed by atoms with van der Waals surface area (Å²) < 4.78 is 26.5. The molecule has 1 aliphatic rings. The van der Waals surface area contributed by atoms with E-state index in [-0.39, 0.29) is 30.0 Å². The fourth-order valence-electron chi connectivity index (χ4n) is 3.01. The lowest BCUT2D eigenvalue weighted by molar-refractivity contribution is 0.380. The van der Waals surface area contributed by atoms with Crippen molar-refractivity contribution in [2.75, 3.05) is 32.9 Å². The maximum absolute atomic E-state index is 12.6. The van der Waals surface area contributed by atoms with Crippen molar-refractivity contribution in [3.05, 3.63) is 29.8 Å². The summed E-state index contributed by atoms with van der Waals surface area (Å²) in [6.07, 6.45) is 0. The number of guanidine groups is 1. The first-order chi connectivity index (χ1) is 13.2. The first-order valence-corrected chi connectivity index (χ1v) is 12.3. The van der Waals surface area contributed by atoms with Gasteiger partial charge in [0.1, 0.15) is 0 Å². The van der Waals surface area contributed by atoms with Crippen LogP contribution in [0.1, 0.15) is 33.3 Å². The van der Waals surface area contributed by atoms with Gasteiger partial charge in [0.15, 0.2) is 5.96 Å². The number of hydrogen-bond acceptors (Lipinski definition) is 4. The first kappa shape index (κ1) is 26.5. The SMILES string of the molecule is CN=C(NCc1ccc(S(=O)(=O)N(C)C(C)C)cc1)N1CCSC(C(C)C)C1.I. The van der Waals surface area contributed by atoms with Gasteiger partial charge in [-0.25, -0.2) is 8.42 Å². The Morgan fingerprint density at radius 3 is 2.41 bits per heavy atom. The van der Waals surface area contributed by atoms with Crippen LogP contribution >= 0.6 is 35.7 Å². The summed E-state index contributed by atoms with van der Waals surface area (Å²) in [6, 6.07) is 7.02. The third-order valence-electron chi connectivity index (χ3n) is 5.13. The number of aliphatic imine (C=N–C) groups is 1. The number of rotatable bonds is 6. The number of nitrogens with one attached hydrogen (secondary N) is 1. The second-order valence-corrected chi connectivity index (χ2v) is 11.1. The Balaban J connectivity index is 0.00000420. The molecule has 1 N–H and O–H groups in total. The summed E-state index contributed by atoms with van der Waals surface area (Å²) in [7, 11) is -0.0205. The average molecular weight is 555 g/mol. The molecule has 1 aromatic carbocycles. The van der Waals surface area contributed by atoms with Gasteiger partial charge in [-0.2, -0.15) is 16.1 Å². The molecule has 1 unspecified atom stereocenters. The molecular weight excluding hydrogens is 519 g/mol. The summed E-state index contributed by atoms with van der Waals surface area (Å²) in [4.78, 5) is 7.08. The van der Waals surface area contributed by atoms with Crippen LogP contribution in [0.25, 0.3) is 0 Å². The fraction of sp³-hybridized carbons (Fsp3) is 0.650. The van der Waals surface area contributed by atoms with Gasteiger partial charge in [0.05, 0.1) is 4.90 Å². The van der Waals surface area contributed by atoms with Gasteiger partial charge in [-0.1, -0.05) is 26.0 Å². The van der Waals surface area contributed by atoms with Gasteiger partial charge in [-0.05, 0) is 37.5 Å². The Morgan fingerprint density at radius 2 is 1.90 bits per heavy atom. The van der Waals surface area contributed by atoms with Crippen molar-refractivity contribution >= 4 is 51.7 Å². The summed E-state index contributed by atoms with van der Waals surface area (Å²) in [5.74, 6) is 2.66. The molecule has 0 spiro atoms. The van der Waals surface area contributed by atoms with Gasteiger partial charge in [0.25, 0.3) is 0 Å². The van der Waals surface area contributed by atoms with Crippen molar-refractivity contribution in [2.45, 2.75) is 50.4 Å². The van der Waals surface area contributed by atoms with Gasteiger partial charge in [0, 0.05) is 50.8 Å². The summed E-state index contributed by atoms with van der Waals surface area (Å²) >= 11 is 2.04. The van der Waals surface area contributed by atoms with Crippen LogP contribution in [0.4, 0.5) is 0 Å². The highest BCUT2D eigenvalue weighted by Gasteiger charge is 2.25. The molecule has 0 saturated carbocycles. The van der Waals surface area contributed by atoms with E-state index in [9.17, 15) is 8.42 Å². The van der Waals surface area contributed by atoms with E-state index in [0.29, 0.717) is 22.6 Å². The van der Waals surface area contributed by atoms with Crippen LogP contribution in [-0.2, 0) is 16.6 Å². The van der Waals surface area contributed by atoms with Crippen LogP contribution in [-0.4, -0.2) is 67.8 Å². The molecule has 0 radical (unpaired) electrons. The molecular formula is C20H35IN4O2S2. The number of benzene rings is 1. The zero-order chi connectivity index (χ0) is 20.9. The van der Waals surface area contributed by atoms with Crippen LogP contribution in [0.5, 0.6) is 0 Å². The van der Waals surface area contributed by atoms with Crippen LogP contribution in [0.2, 0.25) is 0 Å². The van der Waals surface area contributed by atoms with Crippen molar-refractivity contribution in [3.8, 4) is 0 Å². The van der Waals surface area contributed by atoms with Gasteiger partial charge >= 0.3 is 0 Å². The third-order valence-corrected chi connectivity index (χ3v) is 8.71. The summed E-state index contributed by atoms with van der Waals surface area (Å²) in [5, 5.41) is 4.04. The average Bonchev–Trinajstić information content (AvgIpc) is 2.68. The second kappa shape index (κ2) is 11.8. The maximum atomic E-state index is 12.6. The van der Waals surface area contributed by atoms with E-state index in [1.807, 2.05) is 44.8 Å². The van der Waals surface area contributed by atoms with E-state index >= 15 is 0 Å². The van der Waals surface area contributed by atoms with E-state index < -0.39 is 10.0 Å². The zero-order valence-corrected chi connectivity index (χ0v) is 22.2. The topological polar surface area (TPSA) is 65.0 Å². The zero-order valence-electron chi connectivity index (χ0n) is 18.3. The summed E-state index contributed by atoms with van der Waals surface area (Å²) in [6.45, 7) is 10.9. The van der Waals surface area contributed by atoms with Crippen LogP contribution in [0, 0.1) is 5.92 Å². The van der Waals surface area contributed by atoms with Crippen LogP contribution in [0.15, 0.2) is 34.2 Å². The highest BCUT2D eigenvalue weighted by molar-refractivity contribution is 14.0. The number of sulfonamides is 1. The smallest absolute Gasteiger partial charge is 0.243 e. The third kappa shape index (κ3) is 7.00. The molecule has 0 bridgehead atoms. The minimum absolute atomic E-state index is 0. The molecule has 1 aliphatic heterocycles. The first-order valence-electron chi connectivity index (χ1n) is 9.81. The number of halogens is 1. The lowest BCUT2D eigenvalue weighted by Gasteiger charge is -2.36. The Hall–Kier alpha value is -0.520. The Kier molecular flexibility index (Phi) is 10.8.